The molecule has 1 amide bonds. The molecule has 12 heteroatoms. The van der Waals surface area contributed by atoms with E-state index >= 15 is 0 Å². The van der Waals surface area contributed by atoms with Crippen LogP contribution in [0.15, 0.2) is 55.4 Å². The summed E-state index contributed by atoms with van der Waals surface area (Å²) in [5, 5.41) is 8.20. The van der Waals surface area contributed by atoms with Crippen molar-refractivity contribution in [3.05, 3.63) is 72.3 Å². The molecule has 11 nitrogen and oxygen atoms in total. The summed E-state index contributed by atoms with van der Waals surface area (Å²) in [5.41, 5.74) is 3.84. The van der Waals surface area contributed by atoms with E-state index in [1.807, 2.05) is 31.2 Å². The number of rotatable bonds is 11. The number of ether oxygens (including phenoxy) is 1. The molecule has 0 radical (unpaired) electrons. The zero-order valence-electron chi connectivity index (χ0n) is 28.5. The van der Waals surface area contributed by atoms with E-state index in [0.29, 0.717) is 53.4 Å². The van der Waals surface area contributed by atoms with Gasteiger partial charge in [-0.3, -0.25) is 19.4 Å². The second kappa shape index (κ2) is 14.7. The summed E-state index contributed by atoms with van der Waals surface area (Å²) in [6.45, 7) is 12.5. The Hall–Kier alpha value is -4.26. The smallest absolute Gasteiger partial charge is 0.247 e. The quantitative estimate of drug-likeness (QED) is 0.262. The number of nitrogens with one attached hydrogen (secondary N) is 2. The van der Waals surface area contributed by atoms with Crippen LogP contribution in [0.5, 0.6) is 5.75 Å². The van der Waals surface area contributed by atoms with E-state index in [1.165, 1.54) is 44.4 Å². The molecule has 4 fully saturated rings. The van der Waals surface area contributed by atoms with Crippen molar-refractivity contribution in [2.24, 2.45) is 0 Å². The van der Waals surface area contributed by atoms with E-state index in [0.717, 1.165) is 62.7 Å². The number of hydrogen-bond donors (Lipinski definition) is 2. The van der Waals surface area contributed by atoms with Gasteiger partial charge >= 0.3 is 0 Å². The number of aromatic nitrogens is 2. The highest BCUT2D eigenvalue weighted by atomic mass is 19.1. The van der Waals surface area contributed by atoms with Crippen molar-refractivity contribution in [1.29, 1.82) is 0 Å². The van der Waals surface area contributed by atoms with Crippen LogP contribution in [0, 0.1) is 12.7 Å². The standard InChI is InChI=1S/C37H47FN8O3/c1-4-37(47)42-31-21-32(34(48-3)22-33(31)45-13-10-28(11-14-45)44-17-15-43(16-18-44)27-8-9-27)41-35-23-36(40-24-39-35)46-29(12-19-49-46)20-26-6-5-7-30(38)25(26)2/h4-7,21-24,27-29H,1,8-20H2,2-3H3,(H,42,47)(H,39,40,41). The van der Waals surface area contributed by atoms with Gasteiger partial charge in [0.15, 0.2) is 5.82 Å². The Kier molecular flexibility index (Phi) is 9.97. The van der Waals surface area contributed by atoms with Crippen LogP contribution in [-0.4, -0.2) is 96.8 Å². The van der Waals surface area contributed by atoms with Crippen molar-refractivity contribution in [3.63, 3.8) is 0 Å². The van der Waals surface area contributed by atoms with Crippen molar-refractivity contribution in [2.75, 3.05) is 73.6 Å². The normalized spacial score (nSPS) is 20.8. The first-order valence-corrected chi connectivity index (χ1v) is 17.5. The number of carbonyl (C=O) groups is 1. The number of hydrogen-bond acceptors (Lipinski definition) is 10. The van der Waals surface area contributed by atoms with Gasteiger partial charge in [0.1, 0.15) is 23.7 Å². The number of anilines is 5. The van der Waals surface area contributed by atoms with Crippen LogP contribution in [0.2, 0.25) is 0 Å². The first-order valence-electron chi connectivity index (χ1n) is 17.5. The molecule has 4 aliphatic rings. The van der Waals surface area contributed by atoms with Gasteiger partial charge in [-0.2, -0.15) is 0 Å². The molecule has 3 aliphatic heterocycles. The Bertz CT molecular complexity index is 1650. The van der Waals surface area contributed by atoms with E-state index < -0.39 is 0 Å². The fourth-order valence-corrected chi connectivity index (χ4v) is 7.51. The van der Waals surface area contributed by atoms with Gasteiger partial charge in [-0.1, -0.05) is 18.7 Å². The van der Waals surface area contributed by atoms with Crippen LogP contribution in [0.25, 0.3) is 0 Å². The molecule has 1 atom stereocenters. The van der Waals surface area contributed by atoms with Crippen LogP contribution < -0.4 is 25.3 Å². The van der Waals surface area contributed by atoms with Crippen LogP contribution in [0.3, 0.4) is 0 Å². The minimum atomic E-state index is -0.282. The summed E-state index contributed by atoms with van der Waals surface area (Å²) in [6.07, 6.45) is 9.07. The molecule has 49 heavy (non-hydrogen) atoms. The van der Waals surface area contributed by atoms with Gasteiger partial charge in [0.25, 0.3) is 0 Å². The van der Waals surface area contributed by atoms with Gasteiger partial charge in [0, 0.05) is 63.5 Å². The molecule has 7 rings (SSSR count). The molecular weight excluding hydrogens is 623 g/mol. The molecule has 1 aromatic heterocycles. The van der Waals surface area contributed by atoms with Crippen LogP contribution >= 0.6 is 0 Å². The summed E-state index contributed by atoms with van der Waals surface area (Å²) in [6, 6.07) is 12.3. The number of amides is 1. The van der Waals surface area contributed by atoms with Gasteiger partial charge in [0.2, 0.25) is 5.91 Å². The zero-order chi connectivity index (χ0) is 33.9. The molecule has 1 aliphatic carbocycles. The maximum Gasteiger partial charge on any atom is 0.247 e. The van der Waals surface area contributed by atoms with Crippen LogP contribution in [-0.2, 0) is 16.1 Å². The summed E-state index contributed by atoms with van der Waals surface area (Å²) < 4.78 is 20.1. The van der Waals surface area contributed by atoms with E-state index in [1.54, 1.807) is 18.2 Å². The maximum absolute atomic E-state index is 14.2. The highest BCUT2D eigenvalue weighted by molar-refractivity contribution is 6.02. The molecule has 1 unspecified atom stereocenters. The number of benzene rings is 2. The predicted octanol–water partition coefficient (Wildman–Crippen LogP) is 5.30. The monoisotopic (exact) mass is 670 g/mol. The Labute approximate surface area is 288 Å². The molecule has 4 heterocycles. The van der Waals surface area contributed by atoms with Crippen molar-refractivity contribution >= 4 is 34.6 Å². The summed E-state index contributed by atoms with van der Waals surface area (Å²) >= 11 is 0. The third-order valence-electron chi connectivity index (χ3n) is 10.5. The highest BCUT2D eigenvalue weighted by Crippen LogP contribution is 2.40. The van der Waals surface area contributed by atoms with E-state index in [2.05, 4.69) is 41.9 Å². The molecule has 2 N–H and O–H groups in total. The van der Waals surface area contributed by atoms with Gasteiger partial charge in [0.05, 0.1) is 36.8 Å². The number of carbonyl (C=O) groups excluding carboxylic acids is 1. The molecule has 2 aromatic carbocycles. The molecular formula is C37H47FN8O3. The topological polar surface area (TPSA) is 98.3 Å². The molecule has 0 bridgehead atoms. The average molecular weight is 671 g/mol. The zero-order valence-corrected chi connectivity index (χ0v) is 28.5. The van der Waals surface area contributed by atoms with Gasteiger partial charge in [-0.05, 0) is 74.8 Å². The lowest BCUT2D eigenvalue weighted by Crippen LogP contribution is -2.53. The molecule has 3 saturated heterocycles. The second-order valence-electron chi connectivity index (χ2n) is 13.5. The number of methoxy groups -OCH3 is 1. The van der Waals surface area contributed by atoms with Crippen molar-refractivity contribution < 1.29 is 18.8 Å². The van der Waals surface area contributed by atoms with Crippen LogP contribution in [0.4, 0.5) is 33.1 Å². The SMILES string of the molecule is C=CC(=O)Nc1cc(Nc2cc(N3OCCC3Cc3cccc(F)c3C)ncn2)c(OC)cc1N1CCC(N2CCN(C3CC3)CC2)CC1. The number of hydroxylamine groups is 1. The number of piperazine rings is 1. The lowest BCUT2D eigenvalue weighted by atomic mass is 9.99. The second-order valence-corrected chi connectivity index (χ2v) is 13.5. The van der Waals surface area contributed by atoms with Gasteiger partial charge in [-0.15, -0.1) is 0 Å². The first-order chi connectivity index (χ1) is 23.9. The third kappa shape index (κ3) is 7.51. The van der Waals surface area contributed by atoms with Gasteiger partial charge in [-0.25, -0.2) is 19.4 Å². The lowest BCUT2D eigenvalue weighted by Gasteiger charge is -2.43. The Balaban J connectivity index is 1.07. The van der Waals surface area contributed by atoms with E-state index in [4.69, 9.17) is 9.57 Å². The fourth-order valence-electron chi connectivity index (χ4n) is 7.51. The maximum atomic E-state index is 14.2. The minimum Gasteiger partial charge on any atom is -0.494 e. The van der Waals surface area contributed by atoms with E-state index in [9.17, 15) is 9.18 Å². The Morgan fingerprint density at radius 1 is 1.00 bits per heavy atom. The average Bonchev–Trinajstić information content (AvgIpc) is 3.88. The fraction of sp³-hybridized carbons (Fsp3) is 0.486. The molecule has 1 saturated carbocycles. The number of piperidine rings is 1. The minimum absolute atomic E-state index is 0.00530. The molecule has 0 spiro atoms. The van der Waals surface area contributed by atoms with Crippen molar-refractivity contribution in [2.45, 2.75) is 63.6 Å². The first kappa shape index (κ1) is 33.2. The Morgan fingerprint density at radius 3 is 2.43 bits per heavy atom. The highest BCUT2D eigenvalue weighted by Gasteiger charge is 2.34. The molecule has 260 valence electrons. The van der Waals surface area contributed by atoms with Crippen molar-refractivity contribution in [1.82, 2.24) is 19.8 Å². The summed E-state index contributed by atoms with van der Waals surface area (Å²) in [4.78, 5) is 35.3. The van der Waals surface area contributed by atoms with Crippen molar-refractivity contribution in [3.8, 4) is 5.75 Å². The number of nitrogens with zero attached hydrogens (tertiary/aromatic N) is 6. The lowest BCUT2D eigenvalue weighted by molar-refractivity contribution is -0.111. The van der Waals surface area contributed by atoms with Crippen LogP contribution in [0.1, 0.15) is 43.2 Å². The molecule has 3 aromatic rings. The summed E-state index contributed by atoms with van der Waals surface area (Å²) in [7, 11) is 1.64. The Morgan fingerprint density at radius 2 is 1.73 bits per heavy atom. The largest absolute Gasteiger partial charge is 0.494 e. The number of halogens is 1. The van der Waals surface area contributed by atoms with E-state index in [-0.39, 0.29) is 17.8 Å². The predicted molar refractivity (Wildman–Crippen MR) is 190 cm³/mol. The third-order valence-corrected chi connectivity index (χ3v) is 10.5. The van der Waals surface area contributed by atoms with Gasteiger partial charge < -0.3 is 20.3 Å². The summed E-state index contributed by atoms with van der Waals surface area (Å²) in [5.74, 6) is 1.28.